The Balaban J connectivity index is 5.56. The topological polar surface area (TPSA) is 0 Å². The summed E-state index contributed by atoms with van der Waals surface area (Å²) in [7, 11) is -2.15. The van der Waals surface area contributed by atoms with Gasteiger partial charge in [-0.05, 0) is 13.3 Å². The van der Waals surface area contributed by atoms with Crippen molar-refractivity contribution in [1.82, 2.24) is 0 Å². The van der Waals surface area contributed by atoms with Gasteiger partial charge in [0.25, 0.3) is 0 Å². The fourth-order valence-electron chi connectivity index (χ4n) is 2.72. The molecule has 0 aromatic rings. The third-order valence-corrected chi connectivity index (χ3v) is 20.8. The molecule has 13 heavy (non-hydrogen) atoms. The molecule has 0 radical (unpaired) electrons. The summed E-state index contributed by atoms with van der Waals surface area (Å²) in [6, 6.07) is 0. The van der Waals surface area contributed by atoms with Crippen LogP contribution in [0, 0.1) is 0 Å². The number of hydrogen-bond acceptors (Lipinski definition) is 0. The minimum Gasteiger partial charge on any atom is -0.0839 e. The van der Waals surface area contributed by atoms with Gasteiger partial charge in [0.1, 0.15) is 0 Å². The van der Waals surface area contributed by atoms with Crippen molar-refractivity contribution >= 4 is 41.8 Å². The van der Waals surface area contributed by atoms with E-state index < -0.39 is 21.7 Å². The largest absolute Gasteiger partial charge is 0.0839 e. The highest BCUT2D eigenvalue weighted by Gasteiger charge is 2.34. The van der Waals surface area contributed by atoms with Gasteiger partial charge in [0.05, 0.1) is 16.1 Å². The van der Waals surface area contributed by atoms with Crippen molar-refractivity contribution in [3.63, 3.8) is 0 Å². The van der Waals surface area contributed by atoms with Crippen LogP contribution >= 0.6 is 21.1 Å². The molecule has 0 fully saturated rings. The minimum absolute atomic E-state index is 0.916. The van der Waals surface area contributed by atoms with Gasteiger partial charge in [-0.15, -0.1) is 0 Å². The van der Waals surface area contributed by atoms with Crippen molar-refractivity contribution in [2.24, 2.45) is 0 Å². The Morgan fingerprint density at radius 1 is 0.846 bits per heavy atom. The summed E-state index contributed by atoms with van der Waals surface area (Å²) in [6.45, 7) is 19.8. The van der Waals surface area contributed by atoms with E-state index in [4.69, 9.17) is 0 Å². The maximum atomic E-state index is 3.96. The molecule has 0 aliphatic heterocycles. The van der Waals surface area contributed by atoms with Gasteiger partial charge in [0, 0.05) is 0 Å². The van der Waals surface area contributed by atoms with Crippen molar-refractivity contribution in [2.45, 2.75) is 39.3 Å². The number of rotatable bonds is 2. The molecule has 0 bridgehead atoms. The summed E-state index contributed by atoms with van der Waals surface area (Å²) in [4.78, 5) is 0. The number of hydrogen-bond donors (Lipinski definition) is 0. The van der Waals surface area contributed by atoms with Crippen LogP contribution in [0.25, 0.3) is 0 Å². The third kappa shape index (κ3) is 4.50. The molecule has 0 aromatic carbocycles. The summed E-state index contributed by atoms with van der Waals surface area (Å²) < 4.78 is 1.95. The summed E-state index contributed by atoms with van der Waals surface area (Å²) in [5.74, 6) is 0. The molecule has 0 saturated heterocycles. The van der Waals surface area contributed by atoms with Crippen LogP contribution in [0.5, 0.6) is 0 Å². The smallest absolute Gasteiger partial charge is 0.0693 e. The fraction of sp³-hybridized carbons (Fsp3) is 0.889. The van der Waals surface area contributed by atoms with E-state index >= 15 is 0 Å². The van der Waals surface area contributed by atoms with Crippen LogP contribution in [0.3, 0.4) is 0 Å². The van der Waals surface area contributed by atoms with E-state index in [-0.39, 0.29) is 0 Å². The average molecular weight is 299 g/mol. The SMILES string of the molecule is C[Si](C)(C)C([Si](C)(C)C)=P(C)(C)Br. The van der Waals surface area contributed by atoms with Crippen LogP contribution in [0.15, 0.2) is 0 Å². The quantitative estimate of drug-likeness (QED) is 0.520. The summed E-state index contributed by atoms with van der Waals surface area (Å²) in [5.41, 5.74) is -0.916. The normalized spacial score (nSPS) is 14.5. The predicted octanol–water partition coefficient (Wildman–Crippen LogP) is 4.50. The zero-order chi connectivity index (χ0) is 11.1. The van der Waals surface area contributed by atoms with Crippen LogP contribution in [0.2, 0.25) is 39.3 Å². The van der Waals surface area contributed by atoms with E-state index in [0.29, 0.717) is 0 Å². The molecule has 0 aliphatic carbocycles. The van der Waals surface area contributed by atoms with E-state index in [0.717, 1.165) is 0 Å². The highest BCUT2D eigenvalue weighted by molar-refractivity contribution is 9.41. The molecule has 80 valence electrons. The molecule has 0 atom stereocenters. The third-order valence-electron chi connectivity index (χ3n) is 1.95. The van der Waals surface area contributed by atoms with Gasteiger partial charge in [0.2, 0.25) is 0 Å². The Morgan fingerprint density at radius 3 is 1.08 bits per heavy atom. The highest BCUT2D eigenvalue weighted by Crippen LogP contribution is 2.52. The van der Waals surface area contributed by atoms with Crippen molar-refractivity contribution in [1.29, 1.82) is 0 Å². The molecule has 0 aromatic heterocycles. The lowest BCUT2D eigenvalue weighted by Crippen LogP contribution is -2.49. The minimum atomic E-state index is -1.08. The Bertz CT molecular complexity index is 215. The van der Waals surface area contributed by atoms with Gasteiger partial charge in [-0.1, -0.05) is 64.9 Å². The van der Waals surface area contributed by atoms with Gasteiger partial charge < -0.3 is 0 Å². The van der Waals surface area contributed by atoms with Crippen LogP contribution in [0.1, 0.15) is 0 Å². The first-order valence-corrected chi connectivity index (χ1v) is 16.5. The molecular formula is C9H24BrPSi2. The van der Waals surface area contributed by atoms with Gasteiger partial charge in [0.15, 0.2) is 0 Å². The lowest BCUT2D eigenvalue weighted by atomic mass is 11.7. The van der Waals surface area contributed by atoms with Crippen molar-refractivity contribution < 1.29 is 0 Å². The van der Waals surface area contributed by atoms with E-state index in [2.05, 4.69) is 68.1 Å². The van der Waals surface area contributed by atoms with E-state index in [9.17, 15) is 0 Å². The van der Waals surface area contributed by atoms with Gasteiger partial charge in [-0.2, -0.15) is 0 Å². The maximum absolute atomic E-state index is 3.96. The fourth-order valence-corrected chi connectivity index (χ4v) is 34.1. The van der Waals surface area contributed by atoms with Crippen LogP contribution < -0.4 is 0 Å². The molecule has 4 heteroatoms. The summed E-state index contributed by atoms with van der Waals surface area (Å²) >= 11 is 3.96. The maximum Gasteiger partial charge on any atom is 0.0693 e. The second-order valence-electron chi connectivity index (χ2n) is 6.17. The first kappa shape index (κ1) is 14.2. The highest BCUT2D eigenvalue weighted by atomic mass is 79.9. The molecule has 0 unspecified atom stereocenters. The van der Waals surface area contributed by atoms with Gasteiger partial charge in [-0.3, -0.25) is 0 Å². The lowest BCUT2D eigenvalue weighted by molar-refractivity contribution is 1.79. The molecule has 0 saturated carbocycles. The average Bonchev–Trinajstić information content (AvgIpc) is 1.44. The summed E-state index contributed by atoms with van der Waals surface area (Å²) in [6.07, 6.45) is 0. The second-order valence-corrected chi connectivity index (χ2v) is 25.9. The molecule has 0 aliphatic rings. The Labute approximate surface area is 94.2 Å². The van der Waals surface area contributed by atoms with E-state index in [1.54, 1.807) is 0 Å². The first-order chi connectivity index (χ1) is 5.37. The molecule has 0 amide bonds. The molecular weight excluding hydrogens is 275 g/mol. The zero-order valence-electron chi connectivity index (χ0n) is 10.3. The second kappa shape index (κ2) is 3.99. The monoisotopic (exact) mass is 298 g/mol. The first-order valence-electron chi connectivity index (χ1n) is 4.79. The molecule has 0 rings (SSSR count). The molecule has 0 heterocycles. The number of halogens is 1. The van der Waals surface area contributed by atoms with Crippen molar-refractivity contribution in [2.75, 3.05) is 13.3 Å². The standard InChI is InChI=1S/C9H24BrPSi2/c1-11(2,10)9(12(3,4)5)13(6,7)8/h1-8H3. The Kier molecular flexibility index (Phi) is 4.37. The van der Waals surface area contributed by atoms with E-state index in [1.807, 2.05) is 4.54 Å². The molecule has 0 nitrogen and oxygen atoms in total. The van der Waals surface area contributed by atoms with Crippen LogP contribution in [-0.2, 0) is 0 Å². The van der Waals surface area contributed by atoms with Gasteiger partial charge >= 0.3 is 0 Å². The van der Waals surface area contributed by atoms with E-state index in [1.165, 1.54) is 0 Å². The molecule has 0 spiro atoms. The van der Waals surface area contributed by atoms with Crippen LogP contribution in [-0.4, -0.2) is 34.0 Å². The van der Waals surface area contributed by atoms with Crippen molar-refractivity contribution in [3.05, 3.63) is 0 Å². The Hall–Kier alpha value is 1.21. The summed E-state index contributed by atoms with van der Waals surface area (Å²) in [5, 5.41) is 0. The zero-order valence-corrected chi connectivity index (χ0v) is 14.8. The predicted molar refractivity (Wildman–Crippen MR) is 79.4 cm³/mol. The lowest BCUT2D eigenvalue weighted by Gasteiger charge is -2.36. The van der Waals surface area contributed by atoms with Crippen molar-refractivity contribution in [3.8, 4) is 0 Å². The van der Waals surface area contributed by atoms with Gasteiger partial charge in [-0.25, -0.2) is 0 Å². The van der Waals surface area contributed by atoms with Crippen LogP contribution in [0.4, 0.5) is 0 Å². The molecule has 0 N–H and O–H groups in total. The Morgan fingerprint density at radius 2 is 1.08 bits per heavy atom.